The minimum Gasteiger partial charge on any atom is -0.315 e. The summed E-state index contributed by atoms with van der Waals surface area (Å²) in [6.45, 7) is 1.53. The van der Waals surface area contributed by atoms with Gasteiger partial charge in [0.2, 0.25) is 10.0 Å². The molecule has 2 aromatic rings. The number of alkyl halides is 2. The first kappa shape index (κ1) is 20.4. The highest BCUT2D eigenvalue weighted by Crippen LogP contribution is 2.33. The summed E-state index contributed by atoms with van der Waals surface area (Å²) < 4.78 is 56.5. The van der Waals surface area contributed by atoms with Crippen LogP contribution in [0, 0.1) is 13.8 Å². The van der Waals surface area contributed by atoms with E-state index >= 15 is 0 Å². The van der Waals surface area contributed by atoms with Crippen molar-refractivity contribution in [1.82, 2.24) is 28.9 Å². The van der Waals surface area contributed by atoms with Crippen molar-refractivity contribution in [3.8, 4) is 0 Å². The fraction of sp³-hybridized carbons (Fsp3) is 0.722. The van der Waals surface area contributed by atoms with E-state index in [2.05, 4.69) is 19.9 Å². The average Bonchev–Trinajstić information content (AvgIpc) is 3.13. The zero-order chi connectivity index (χ0) is 20.8. The van der Waals surface area contributed by atoms with Crippen molar-refractivity contribution in [3.63, 3.8) is 0 Å². The molecule has 1 saturated heterocycles. The first-order valence-corrected chi connectivity index (χ1v) is 11.5. The van der Waals surface area contributed by atoms with E-state index in [0.29, 0.717) is 30.6 Å². The second kappa shape index (κ2) is 7.75. The molecule has 8 nitrogen and oxygen atoms in total. The van der Waals surface area contributed by atoms with Gasteiger partial charge in [-0.25, -0.2) is 13.1 Å². The molecule has 2 aliphatic heterocycles. The molecule has 0 N–H and O–H groups in total. The van der Waals surface area contributed by atoms with E-state index in [1.54, 1.807) is 0 Å². The number of halogens is 2. The summed E-state index contributed by atoms with van der Waals surface area (Å²) in [5.41, 5.74) is 0.0788. The molecule has 0 aromatic carbocycles. The van der Waals surface area contributed by atoms with Crippen LogP contribution in [-0.2, 0) is 23.0 Å². The number of fused-ring (bicyclic) bond motifs is 1. The molecule has 1 fully saturated rings. The first-order chi connectivity index (χ1) is 13.8. The zero-order valence-corrected chi connectivity index (χ0v) is 17.5. The van der Waals surface area contributed by atoms with Gasteiger partial charge >= 0.3 is 6.55 Å². The molecule has 2 aliphatic rings. The Morgan fingerprint density at radius 3 is 2.41 bits per heavy atom. The topological polar surface area (TPSA) is 85.9 Å². The number of aromatic nitrogens is 5. The molecule has 0 aliphatic carbocycles. The average molecular weight is 429 g/mol. The smallest absolute Gasteiger partial charge is 0.315 e. The van der Waals surface area contributed by atoms with Gasteiger partial charge in [0, 0.05) is 32.0 Å². The zero-order valence-electron chi connectivity index (χ0n) is 16.7. The lowest BCUT2D eigenvalue weighted by atomic mass is 9.97. The van der Waals surface area contributed by atoms with Crippen molar-refractivity contribution in [2.45, 2.75) is 76.3 Å². The van der Waals surface area contributed by atoms with E-state index in [-0.39, 0.29) is 22.2 Å². The van der Waals surface area contributed by atoms with Gasteiger partial charge in [-0.3, -0.25) is 0 Å². The quantitative estimate of drug-likeness (QED) is 0.748. The van der Waals surface area contributed by atoms with Crippen LogP contribution in [0.25, 0.3) is 0 Å². The highest BCUT2D eigenvalue weighted by atomic mass is 32.2. The fourth-order valence-electron chi connectivity index (χ4n) is 4.50. The van der Waals surface area contributed by atoms with E-state index in [4.69, 9.17) is 0 Å². The summed E-state index contributed by atoms with van der Waals surface area (Å²) >= 11 is 0. The highest BCUT2D eigenvalue weighted by molar-refractivity contribution is 7.89. The van der Waals surface area contributed by atoms with E-state index < -0.39 is 16.6 Å². The molecule has 11 heteroatoms. The number of aryl methyl sites for hydroxylation is 2. The molecule has 0 spiro atoms. The molecule has 0 saturated carbocycles. The van der Waals surface area contributed by atoms with Crippen LogP contribution < -0.4 is 0 Å². The molecule has 0 bridgehead atoms. The normalized spacial score (nSPS) is 19.5. The van der Waals surface area contributed by atoms with E-state index in [1.807, 2.05) is 0 Å². The van der Waals surface area contributed by atoms with Crippen molar-refractivity contribution in [2.75, 3.05) is 13.1 Å². The molecule has 0 atom stereocenters. The second-order valence-electron chi connectivity index (χ2n) is 7.84. The van der Waals surface area contributed by atoms with Crippen molar-refractivity contribution in [2.24, 2.45) is 0 Å². The summed E-state index contributed by atoms with van der Waals surface area (Å²) in [5, 5.41) is 12.5. The van der Waals surface area contributed by atoms with Gasteiger partial charge in [-0.2, -0.15) is 18.2 Å². The molecule has 0 radical (unpaired) electrons. The van der Waals surface area contributed by atoms with E-state index in [1.165, 1.54) is 24.6 Å². The maximum atomic E-state index is 13.1. The maximum absolute atomic E-state index is 13.1. The number of nitrogens with zero attached hydrogens (tertiary/aromatic N) is 6. The van der Waals surface area contributed by atoms with Crippen LogP contribution in [0.3, 0.4) is 0 Å². The molecule has 4 heterocycles. The Hall–Kier alpha value is -1.88. The molecule has 4 rings (SSSR count). The molecule has 29 heavy (non-hydrogen) atoms. The van der Waals surface area contributed by atoms with Gasteiger partial charge in [-0.15, -0.1) is 10.2 Å². The molecule has 0 amide bonds. The maximum Gasteiger partial charge on any atom is 0.333 e. The molecule has 0 unspecified atom stereocenters. The van der Waals surface area contributed by atoms with Crippen molar-refractivity contribution < 1.29 is 17.2 Å². The fourth-order valence-corrected chi connectivity index (χ4v) is 6.33. The van der Waals surface area contributed by atoms with Crippen LogP contribution in [0.2, 0.25) is 0 Å². The molecular weight excluding hydrogens is 402 g/mol. The van der Waals surface area contributed by atoms with Gasteiger partial charge in [0.05, 0.1) is 11.4 Å². The summed E-state index contributed by atoms with van der Waals surface area (Å²) in [7, 11) is -3.88. The largest absolute Gasteiger partial charge is 0.333 e. The Morgan fingerprint density at radius 1 is 1.03 bits per heavy atom. The SMILES string of the molecule is Cc1nn(C(F)F)c(C)c1S(=O)(=O)N1CCC(c2nnc3n2CCCCC3)CC1. The van der Waals surface area contributed by atoms with Crippen molar-refractivity contribution in [1.29, 1.82) is 0 Å². The third-order valence-electron chi connectivity index (χ3n) is 6.00. The monoisotopic (exact) mass is 428 g/mol. The van der Waals surface area contributed by atoms with Crippen LogP contribution in [0.15, 0.2) is 4.90 Å². The number of rotatable bonds is 4. The van der Waals surface area contributed by atoms with E-state index in [0.717, 1.165) is 37.5 Å². The lowest BCUT2D eigenvalue weighted by molar-refractivity contribution is 0.0538. The summed E-state index contributed by atoms with van der Waals surface area (Å²) in [4.78, 5) is -0.104. The standard InChI is InChI=1S/C18H26F2N6O2S/c1-12-16(13(2)26(23-12)18(19)20)29(27,28)24-10-7-14(8-11-24)17-22-21-15-6-4-3-5-9-25(15)17/h14,18H,3-11H2,1-2H3. The Balaban J connectivity index is 1.52. The van der Waals surface area contributed by atoms with Gasteiger partial charge in [0.25, 0.3) is 0 Å². The number of hydrogen-bond acceptors (Lipinski definition) is 5. The lowest BCUT2D eigenvalue weighted by Gasteiger charge is -2.31. The second-order valence-corrected chi connectivity index (χ2v) is 9.71. The van der Waals surface area contributed by atoms with Crippen LogP contribution in [0.4, 0.5) is 8.78 Å². The Labute approximate surface area is 169 Å². The van der Waals surface area contributed by atoms with Crippen molar-refractivity contribution in [3.05, 3.63) is 23.0 Å². The van der Waals surface area contributed by atoms with Crippen molar-refractivity contribution >= 4 is 10.0 Å². The van der Waals surface area contributed by atoms with Gasteiger partial charge in [0.1, 0.15) is 16.5 Å². The van der Waals surface area contributed by atoms with E-state index in [9.17, 15) is 17.2 Å². The highest BCUT2D eigenvalue weighted by Gasteiger charge is 2.36. The molecule has 160 valence electrons. The minimum absolute atomic E-state index is 0.0256. The van der Waals surface area contributed by atoms with Crippen LogP contribution >= 0.6 is 0 Å². The molecular formula is C18H26F2N6O2S. The third-order valence-corrected chi connectivity index (χ3v) is 8.15. The number of piperidine rings is 1. The summed E-state index contributed by atoms with van der Waals surface area (Å²) in [6.07, 6.45) is 5.63. The van der Waals surface area contributed by atoms with Gasteiger partial charge in [-0.1, -0.05) is 6.42 Å². The first-order valence-electron chi connectivity index (χ1n) is 10.1. The number of sulfonamides is 1. The third kappa shape index (κ3) is 3.58. The Morgan fingerprint density at radius 2 is 1.76 bits per heavy atom. The van der Waals surface area contributed by atoms with Crippen LogP contribution in [0.5, 0.6) is 0 Å². The van der Waals surface area contributed by atoms with Gasteiger partial charge in [-0.05, 0) is 39.5 Å². The van der Waals surface area contributed by atoms with Gasteiger partial charge < -0.3 is 4.57 Å². The Bertz CT molecular complexity index is 992. The van der Waals surface area contributed by atoms with Crippen LogP contribution in [0.1, 0.15) is 67.6 Å². The predicted molar refractivity (Wildman–Crippen MR) is 101 cm³/mol. The summed E-state index contributed by atoms with van der Waals surface area (Å²) in [5.74, 6) is 2.14. The van der Waals surface area contributed by atoms with Gasteiger partial charge in [0.15, 0.2) is 0 Å². The number of hydrogen-bond donors (Lipinski definition) is 0. The molecule has 2 aromatic heterocycles. The minimum atomic E-state index is -3.88. The predicted octanol–water partition coefficient (Wildman–Crippen LogP) is 2.78. The Kier molecular flexibility index (Phi) is 5.45. The lowest BCUT2D eigenvalue weighted by Crippen LogP contribution is -2.38. The van der Waals surface area contributed by atoms with Crippen LogP contribution in [-0.4, -0.2) is 50.4 Å². The summed E-state index contributed by atoms with van der Waals surface area (Å²) in [6, 6.07) is 0.